The summed E-state index contributed by atoms with van der Waals surface area (Å²) >= 11 is 0. The van der Waals surface area contributed by atoms with Crippen molar-refractivity contribution in [3.63, 3.8) is 0 Å². The molecule has 34 heavy (non-hydrogen) atoms. The van der Waals surface area contributed by atoms with E-state index >= 15 is 0 Å². The molecule has 2 aromatic rings. The van der Waals surface area contributed by atoms with E-state index in [0.717, 1.165) is 12.8 Å². The van der Waals surface area contributed by atoms with Crippen LogP contribution in [0.4, 0.5) is 4.39 Å². The fourth-order valence-corrected chi connectivity index (χ4v) is 4.78. The van der Waals surface area contributed by atoms with Crippen molar-refractivity contribution in [3.05, 3.63) is 66.0 Å². The van der Waals surface area contributed by atoms with Gasteiger partial charge in [-0.05, 0) is 49.1 Å². The van der Waals surface area contributed by atoms with Gasteiger partial charge in [-0.2, -0.15) is 0 Å². The van der Waals surface area contributed by atoms with Gasteiger partial charge in [0.1, 0.15) is 11.9 Å². The first-order chi connectivity index (χ1) is 16.3. The summed E-state index contributed by atoms with van der Waals surface area (Å²) in [6.45, 7) is 2.28. The van der Waals surface area contributed by atoms with Gasteiger partial charge in [-0.1, -0.05) is 37.3 Å². The van der Waals surface area contributed by atoms with E-state index in [1.165, 1.54) is 41.3 Å². The fourth-order valence-electron chi connectivity index (χ4n) is 3.78. The first-order valence-electron chi connectivity index (χ1n) is 11.3. The normalized spacial score (nSPS) is 16.7. The lowest BCUT2D eigenvalue weighted by Crippen LogP contribution is -2.52. The predicted octanol–water partition coefficient (Wildman–Crippen LogP) is 2.21. The van der Waals surface area contributed by atoms with Crippen LogP contribution < -0.4 is 10.0 Å². The third-order valence-electron chi connectivity index (χ3n) is 5.65. The van der Waals surface area contributed by atoms with Crippen molar-refractivity contribution in [2.24, 2.45) is 0 Å². The Bertz CT molecular complexity index is 1060. The van der Waals surface area contributed by atoms with Crippen LogP contribution in [0.2, 0.25) is 0 Å². The Hall–Kier alpha value is -2.82. The molecule has 3 rings (SSSR count). The maximum Gasteiger partial charge on any atom is 0.242 e. The number of hydrogen-bond acceptors (Lipinski definition) is 5. The molecular formula is C24H30FN3O5S. The molecule has 8 nitrogen and oxygen atoms in total. The number of hydrogen-bond donors (Lipinski definition) is 2. The molecule has 2 N–H and O–H groups in total. The number of rotatable bonds is 11. The van der Waals surface area contributed by atoms with Crippen LogP contribution in [-0.4, -0.2) is 57.0 Å². The zero-order valence-corrected chi connectivity index (χ0v) is 19.9. The number of carbonyl (C=O) groups is 2. The molecule has 1 saturated heterocycles. The molecule has 0 unspecified atom stereocenters. The van der Waals surface area contributed by atoms with Crippen LogP contribution in [0.3, 0.4) is 0 Å². The number of sulfonamides is 1. The zero-order valence-electron chi connectivity index (χ0n) is 19.1. The molecule has 2 aromatic carbocycles. The first kappa shape index (κ1) is 25.8. The van der Waals surface area contributed by atoms with Crippen molar-refractivity contribution < 1.29 is 27.1 Å². The van der Waals surface area contributed by atoms with Crippen LogP contribution in [0.15, 0.2) is 59.5 Å². The number of nitrogens with one attached hydrogen (secondary N) is 2. The van der Waals surface area contributed by atoms with Crippen molar-refractivity contribution in [1.29, 1.82) is 0 Å². The van der Waals surface area contributed by atoms with Gasteiger partial charge in [-0.3, -0.25) is 9.59 Å². The molecule has 1 fully saturated rings. The lowest BCUT2D eigenvalue weighted by atomic mass is 10.1. The summed E-state index contributed by atoms with van der Waals surface area (Å²) in [5.41, 5.74) is 0.617. The highest BCUT2D eigenvalue weighted by molar-refractivity contribution is 7.89. The van der Waals surface area contributed by atoms with Crippen molar-refractivity contribution >= 4 is 21.8 Å². The van der Waals surface area contributed by atoms with Gasteiger partial charge < -0.3 is 15.0 Å². The highest BCUT2D eigenvalue weighted by atomic mass is 32.2. The number of nitrogens with zero attached hydrogens (tertiary/aromatic N) is 1. The fraction of sp³-hybridized carbons (Fsp3) is 0.417. The molecule has 1 heterocycles. The van der Waals surface area contributed by atoms with E-state index in [4.69, 9.17) is 4.74 Å². The van der Waals surface area contributed by atoms with Gasteiger partial charge in [-0.25, -0.2) is 17.5 Å². The van der Waals surface area contributed by atoms with Gasteiger partial charge in [0, 0.05) is 19.7 Å². The molecule has 2 amide bonds. The van der Waals surface area contributed by atoms with Crippen LogP contribution in [0.1, 0.15) is 31.7 Å². The molecule has 0 aromatic heterocycles. The number of halogens is 1. The molecular weight excluding hydrogens is 461 g/mol. The maximum absolute atomic E-state index is 13.4. The van der Waals surface area contributed by atoms with Gasteiger partial charge in [0.2, 0.25) is 21.8 Å². The largest absolute Gasteiger partial charge is 0.376 e. The average molecular weight is 492 g/mol. The Morgan fingerprint density at radius 2 is 1.85 bits per heavy atom. The number of ether oxygens (including phenoxy) is 1. The molecule has 2 atom stereocenters. The SMILES string of the molecule is CC[C@@H](C(=O)NC[C@@H]1CCCO1)N(Cc1ccc(F)cc1)C(=O)CNS(=O)(=O)c1ccccc1. The summed E-state index contributed by atoms with van der Waals surface area (Å²) in [6, 6.07) is 12.5. The molecule has 184 valence electrons. The second-order valence-corrected chi connectivity index (χ2v) is 9.86. The predicted molar refractivity (Wildman–Crippen MR) is 125 cm³/mol. The second-order valence-electron chi connectivity index (χ2n) is 8.09. The van der Waals surface area contributed by atoms with E-state index in [1.54, 1.807) is 25.1 Å². The molecule has 10 heteroatoms. The van der Waals surface area contributed by atoms with Crippen LogP contribution in [0.5, 0.6) is 0 Å². The summed E-state index contributed by atoms with van der Waals surface area (Å²) in [5, 5.41) is 2.85. The first-order valence-corrected chi connectivity index (χ1v) is 12.8. The standard InChI is InChI=1S/C24H30FN3O5S/c1-2-22(24(30)26-15-20-7-6-14-33-20)28(17-18-10-12-19(25)13-11-18)23(29)16-27-34(31,32)21-8-4-3-5-9-21/h3-5,8-13,20,22,27H,2,6-7,14-17H2,1H3,(H,26,30)/t20-,22-/m0/s1. The Kier molecular flexibility index (Phi) is 9.14. The van der Waals surface area contributed by atoms with Crippen LogP contribution in [-0.2, 0) is 30.9 Å². The zero-order chi connectivity index (χ0) is 24.6. The molecule has 0 radical (unpaired) electrons. The van der Waals surface area contributed by atoms with Crippen LogP contribution >= 0.6 is 0 Å². The topological polar surface area (TPSA) is 105 Å². The Labute approximate surface area is 199 Å². The van der Waals surface area contributed by atoms with E-state index < -0.39 is 34.3 Å². The summed E-state index contributed by atoms with van der Waals surface area (Å²) in [6.07, 6.45) is 2.06. The lowest BCUT2D eigenvalue weighted by Gasteiger charge is -2.31. The maximum atomic E-state index is 13.4. The molecule has 0 spiro atoms. The minimum atomic E-state index is -3.91. The minimum Gasteiger partial charge on any atom is -0.376 e. The third kappa shape index (κ3) is 7.09. The van der Waals surface area contributed by atoms with E-state index in [-0.39, 0.29) is 23.5 Å². The minimum absolute atomic E-state index is 0.0258. The number of benzene rings is 2. The average Bonchev–Trinajstić information content (AvgIpc) is 3.37. The lowest BCUT2D eigenvalue weighted by molar-refractivity contribution is -0.140. The van der Waals surface area contributed by atoms with Crippen molar-refractivity contribution in [1.82, 2.24) is 14.9 Å². The molecule has 1 aliphatic heterocycles. The monoisotopic (exact) mass is 491 g/mol. The van der Waals surface area contributed by atoms with Crippen LogP contribution in [0.25, 0.3) is 0 Å². The van der Waals surface area contributed by atoms with Gasteiger partial charge in [-0.15, -0.1) is 0 Å². The van der Waals surface area contributed by atoms with E-state index in [9.17, 15) is 22.4 Å². The van der Waals surface area contributed by atoms with E-state index in [1.807, 2.05) is 0 Å². The number of carbonyl (C=O) groups excluding carboxylic acids is 2. The Morgan fingerprint density at radius 1 is 1.15 bits per heavy atom. The Balaban J connectivity index is 1.74. The van der Waals surface area contributed by atoms with Gasteiger partial charge in [0.15, 0.2) is 0 Å². The van der Waals surface area contributed by atoms with Gasteiger partial charge in [0.05, 0.1) is 17.5 Å². The summed E-state index contributed by atoms with van der Waals surface area (Å²) < 4.78 is 46.3. The van der Waals surface area contributed by atoms with E-state index in [2.05, 4.69) is 10.0 Å². The molecule has 0 aliphatic carbocycles. The number of amides is 2. The quantitative estimate of drug-likeness (QED) is 0.502. The van der Waals surface area contributed by atoms with Gasteiger partial charge >= 0.3 is 0 Å². The second kappa shape index (κ2) is 12.0. The van der Waals surface area contributed by atoms with Crippen LogP contribution in [0, 0.1) is 5.82 Å². The smallest absolute Gasteiger partial charge is 0.242 e. The summed E-state index contributed by atoms with van der Waals surface area (Å²) in [5.74, 6) is -1.33. The van der Waals surface area contributed by atoms with Crippen molar-refractivity contribution in [2.45, 2.75) is 49.8 Å². The highest BCUT2D eigenvalue weighted by Crippen LogP contribution is 2.15. The molecule has 0 saturated carbocycles. The summed E-state index contributed by atoms with van der Waals surface area (Å²) in [7, 11) is -3.91. The molecule has 1 aliphatic rings. The summed E-state index contributed by atoms with van der Waals surface area (Å²) in [4.78, 5) is 27.5. The molecule has 0 bridgehead atoms. The van der Waals surface area contributed by atoms with Crippen molar-refractivity contribution in [3.8, 4) is 0 Å². The third-order valence-corrected chi connectivity index (χ3v) is 7.06. The van der Waals surface area contributed by atoms with E-state index in [0.29, 0.717) is 25.1 Å². The Morgan fingerprint density at radius 3 is 2.47 bits per heavy atom. The van der Waals surface area contributed by atoms with Gasteiger partial charge in [0.25, 0.3) is 0 Å². The highest BCUT2D eigenvalue weighted by Gasteiger charge is 2.30. The van der Waals surface area contributed by atoms with Crippen molar-refractivity contribution in [2.75, 3.05) is 19.7 Å².